The number of rotatable bonds is 2. The quantitative estimate of drug-likeness (QED) is 0.768. The van der Waals surface area contributed by atoms with Crippen LogP contribution < -0.4 is 0 Å². The summed E-state index contributed by atoms with van der Waals surface area (Å²) in [5.74, 6) is -3.10. The molecule has 1 aromatic carbocycles. The van der Waals surface area contributed by atoms with Crippen LogP contribution in [-0.4, -0.2) is 16.4 Å². The Kier molecular flexibility index (Phi) is 2.44. The maximum absolute atomic E-state index is 13.0. The second-order valence-corrected chi connectivity index (χ2v) is 3.23. The molecule has 0 saturated carbocycles. The molecule has 0 saturated heterocycles. The molecule has 1 heterocycles. The number of phenolic OH excluding ortho intramolecular Hbond substituents is 1. The first kappa shape index (κ1) is 10.4. The van der Waals surface area contributed by atoms with E-state index in [-0.39, 0.29) is 5.56 Å². The number of aldehydes is 1. The molecule has 0 atom stereocenters. The lowest BCUT2D eigenvalue weighted by Crippen LogP contribution is -1.87. The highest BCUT2D eigenvalue weighted by molar-refractivity contribution is 5.75. The highest BCUT2D eigenvalue weighted by atomic mass is 19.1. The molecule has 0 unspecified atom stereocenters. The predicted molar refractivity (Wildman–Crippen MR) is 53.2 cm³/mol. The Labute approximate surface area is 89.3 Å². The number of aromatic amines is 1. The van der Waals surface area contributed by atoms with Crippen molar-refractivity contribution in [3.05, 3.63) is 41.6 Å². The third-order valence-corrected chi connectivity index (χ3v) is 2.16. The molecule has 2 rings (SSSR count). The van der Waals surface area contributed by atoms with Crippen LogP contribution in [0.2, 0.25) is 0 Å². The van der Waals surface area contributed by atoms with Gasteiger partial charge < -0.3 is 10.1 Å². The van der Waals surface area contributed by atoms with E-state index in [0.717, 1.165) is 12.1 Å². The van der Waals surface area contributed by atoms with E-state index in [1.54, 1.807) is 0 Å². The van der Waals surface area contributed by atoms with E-state index >= 15 is 0 Å². The molecular weight excluding hydrogens is 216 g/mol. The summed E-state index contributed by atoms with van der Waals surface area (Å²) < 4.78 is 26.1. The van der Waals surface area contributed by atoms with Crippen LogP contribution in [0.3, 0.4) is 0 Å². The molecule has 0 bridgehead atoms. The van der Waals surface area contributed by atoms with E-state index in [2.05, 4.69) is 4.98 Å². The number of aromatic hydroxyl groups is 1. The van der Waals surface area contributed by atoms with E-state index in [1.807, 2.05) is 0 Å². The van der Waals surface area contributed by atoms with Gasteiger partial charge in [0.1, 0.15) is 0 Å². The van der Waals surface area contributed by atoms with Gasteiger partial charge in [0.05, 0.1) is 5.69 Å². The zero-order chi connectivity index (χ0) is 11.7. The fraction of sp³-hybridized carbons (Fsp3) is 0. The first-order chi connectivity index (χ1) is 7.61. The lowest BCUT2D eigenvalue weighted by Gasteiger charge is -2.01. The van der Waals surface area contributed by atoms with Gasteiger partial charge in [-0.3, -0.25) is 4.79 Å². The Morgan fingerprint density at radius 1 is 1.19 bits per heavy atom. The van der Waals surface area contributed by atoms with Gasteiger partial charge in [0.15, 0.2) is 23.7 Å². The second kappa shape index (κ2) is 3.77. The van der Waals surface area contributed by atoms with Gasteiger partial charge in [-0.05, 0) is 24.3 Å². The van der Waals surface area contributed by atoms with Gasteiger partial charge in [0.25, 0.3) is 0 Å². The Bertz CT molecular complexity index is 526. The average Bonchev–Trinajstić information content (AvgIpc) is 2.73. The molecule has 3 nitrogen and oxygen atoms in total. The Morgan fingerprint density at radius 2 is 1.81 bits per heavy atom. The number of carbonyl (C=O) groups is 1. The van der Waals surface area contributed by atoms with Crippen molar-refractivity contribution < 1.29 is 18.7 Å². The minimum atomic E-state index is -1.04. The number of carbonyl (C=O) groups excluding carboxylic acids is 1. The Morgan fingerprint density at radius 3 is 2.31 bits per heavy atom. The molecule has 0 radical (unpaired) electrons. The Balaban J connectivity index is 2.52. The number of aromatic nitrogens is 1. The molecule has 5 heteroatoms. The topological polar surface area (TPSA) is 53.1 Å². The largest absolute Gasteiger partial charge is 0.503 e. The van der Waals surface area contributed by atoms with Crippen LogP contribution in [0.1, 0.15) is 10.5 Å². The minimum Gasteiger partial charge on any atom is -0.503 e. The molecule has 0 aliphatic heterocycles. The van der Waals surface area contributed by atoms with Crippen molar-refractivity contribution in [2.75, 3.05) is 0 Å². The van der Waals surface area contributed by atoms with Crippen molar-refractivity contribution >= 4 is 6.29 Å². The van der Waals surface area contributed by atoms with E-state index in [0.29, 0.717) is 17.7 Å². The van der Waals surface area contributed by atoms with Crippen molar-refractivity contribution in [1.29, 1.82) is 0 Å². The lowest BCUT2D eigenvalue weighted by molar-refractivity contribution is 0.111. The smallest absolute Gasteiger partial charge is 0.187 e. The summed E-state index contributed by atoms with van der Waals surface area (Å²) in [6.45, 7) is 0. The van der Waals surface area contributed by atoms with Gasteiger partial charge in [-0.15, -0.1) is 0 Å². The molecule has 2 aromatic rings. The van der Waals surface area contributed by atoms with Gasteiger partial charge in [0.2, 0.25) is 0 Å². The molecule has 0 aliphatic carbocycles. The summed E-state index contributed by atoms with van der Waals surface area (Å²) in [7, 11) is 0. The van der Waals surface area contributed by atoms with Crippen LogP contribution in [0.4, 0.5) is 8.78 Å². The number of benzene rings is 1. The molecule has 82 valence electrons. The highest BCUT2D eigenvalue weighted by Crippen LogP contribution is 2.27. The maximum atomic E-state index is 13.0. The molecule has 16 heavy (non-hydrogen) atoms. The van der Waals surface area contributed by atoms with Crippen molar-refractivity contribution in [2.45, 2.75) is 0 Å². The lowest BCUT2D eigenvalue weighted by atomic mass is 10.1. The number of nitrogens with one attached hydrogen (secondary N) is 1. The normalized spacial score (nSPS) is 10.4. The first-order valence-electron chi connectivity index (χ1n) is 4.44. The Hall–Kier alpha value is -2.17. The number of hydrogen-bond acceptors (Lipinski definition) is 2. The second-order valence-electron chi connectivity index (χ2n) is 3.23. The highest BCUT2D eigenvalue weighted by Gasteiger charge is 2.11. The van der Waals surface area contributed by atoms with E-state index in [4.69, 9.17) is 5.11 Å². The summed E-state index contributed by atoms with van der Waals surface area (Å²) in [6, 6.07) is 4.98. The standard InChI is InChI=1S/C11H7F2NO2/c12-8-3-6(4-9(13)11(8)16)10-2-1-7(5-15)14-10/h1-5,14,16H. The van der Waals surface area contributed by atoms with Gasteiger partial charge >= 0.3 is 0 Å². The minimum absolute atomic E-state index is 0.223. The monoisotopic (exact) mass is 223 g/mol. The first-order valence-corrected chi connectivity index (χ1v) is 4.44. The van der Waals surface area contributed by atoms with Crippen molar-refractivity contribution in [3.8, 4) is 17.0 Å². The van der Waals surface area contributed by atoms with Crippen LogP contribution >= 0.6 is 0 Å². The van der Waals surface area contributed by atoms with E-state index < -0.39 is 17.4 Å². The maximum Gasteiger partial charge on any atom is 0.187 e. The van der Waals surface area contributed by atoms with E-state index in [9.17, 15) is 13.6 Å². The number of phenols is 1. The van der Waals surface area contributed by atoms with E-state index in [1.165, 1.54) is 12.1 Å². The van der Waals surface area contributed by atoms with Crippen LogP contribution in [0.15, 0.2) is 24.3 Å². The summed E-state index contributed by atoms with van der Waals surface area (Å²) in [5, 5.41) is 8.91. The summed E-state index contributed by atoms with van der Waals surface area (Å²) in [4.78, 5) is 13.1. The van der Waals surface area contributed by atoms with Crippen LogP contribution in [-0.2, 0) is 0 Å². The molecular formula is C11H7F2NO2. The molecule has 0 fully saturated rings. The molecule has 0 aliphatic rings. The summed E-state index contributed by atoms with van der Waals surface area (Å²) in [6.07, 6.45) is 0.594. The van der Waals surface area contributed by atoms with Crippen molar-refractivity contribution in [3.63, 3.8) is 0 Å². The van der Waals surface area contributed by atoms with Gasteiger partial charge in [-0.2, -0.15) is 0 Å². The molecule has 2 N–H and O–H groups in total. The van der Waals surface area contributed by atoms with Crippen molar-refractivity contribution in [2.24, 2.45) is 0 Å². The fourth-order valence-electron chi connectivity index (χ4n) is 1.37. The van der Waals surface area contributed by atoms with Crippen LogP contribution in [0.5, 0.6) is 5.75 Å². The van der Waals surface area contributed by atoms with Gasteiger partial charge in [-0.1, -0.05) is 0 Å². The van der Waals surface area contributed by atoms with Crippen molar-refractivity contribution in [1.82, 2.24) is 4.98 Å². The number of halogens is 2. The fourth-order valence-corrected chi connectivity index (χ4v) is 1.37. The van der Waals surface area contributed by atoms with Gasteiger partial charge in [0, 0.05) is 11.3 Å². The summed E-state index contributed by atoms with van der Waals surface area (Å²) in [5.41, 5.74) is 0.935. The molecule has 0 amide bonds. The third-order valence-electron chi connectivity index (χ3n) is 2.16. The predicted octanol–water partition coefficient (Wildman–Crippen LogP) is 2.48. The molecule has 1 aromatic heterocycles. The van der Waals surface area contributed by atoms with Gasteiger partial charge in [-0.25, -0.2) is 8.78 Å². The van der Waals surface area contributed by atoms with Crippen LogP contribution in [0.25, 0.3) is 11.3 Å². The number of H-pyrrole nitrogens is 1. The zero-order valence-corrected chi connectivity index (χ0v) is 8.00. The zero-order valence-electron chi connectivity index (χ0n) is 8.00. The van der Waals surface area contributed by atoms with Crippen LogP contribution in [0, 0.1) is 11.6 Å². The average molecular weight is 223 g/mol. The molecule has 0 spiro atoms. The SMILES string of the molecule is O=Cc1ccc(-c2cc(F)c(O)c(F)c2)[nH]1. The summed E-state index contributed by atoms with van der Waals surface area (Å²) >= 11 is 0. The number of hydrogen-bond donors (Lipinski definition) is 2. The third kappa shape index (κ3) is 1.67.